The second-order valence-electron chi connectivity index (χ2n) is 7.31. The number of aryl methyl sites for hydroxylation is 2. The van der Waals surface area contributed by atoms with Crippen molar-refractivity contribution in [3.63, 3.8) is 0 Å². The minimum Gasteiger partial charge on any atom is -0.490 e. The van der Waals surface area contributed by atoms with E-state index in [1.807, 2.05) is 45.0 Å². The van der Waals surface area contributed by atoms with Gasteiger partial charge in [0.25, 0.3) is 5.91 Å². The summed E-state index contributed by atoms with van der Waals surface area (Å²) in [5, 5.41) is 6.90. The number of nitrogens with zero attached hydrogens (tertiary/aromatic N) is 2. The van der Waals surface area contributed by atoms with Gasteiger partial charge in [0.1, 0.15) is 0 Å². The van der Waals surface area contributed by atoms with Gasteiger partial charge in [0.2, 0.25) is 0 Å². The second kappa shape index (κ2) is 10.4. The van der Waals surface area contributed by atoms with Gasteiger partial charge in [0.05, 0.1) is 18.4 Å². The Morgan fingerprint density at radius 1 is 1.06 bits per heavy atom. The number of amides is 1. The van der Waals surface area contributed by atoms with Gasteiger partial charge in [-0.25, -0.2) is 0 Å². The van der Waals surface area contributed by atoms with Gasteiger partial charge < -0.3 is 14.8 Å². The number of carbonyl (C=O) groups excluding carboxylic acids is 2. The largest absolute Gasteiger partial charge is 0.490 e. The summed E-state index contributed by atoms with van der Waals surface area (Å²) in [6, 6.07) is 12.8. The van der Waals surface area contributed by atoms with Crippen LogP contribution < -0.4 is 14.8 Å². The molecule has 0 atom stereocenters. The molecule has 32 heavy (non-hydrogen) atoms. The Kier molecular flexibility index (Phi) is 7.44. The highest BCUT2D eigenvalue weighted by Crippen LogP contribution is 2.29. The predicted molar refractivity (Wildman–Crippen MR) is 124 cm³/mol. The molecule has 1 amide bonds. The molecule has 0 aliphatic rings. The van der Waals surface area contributed by atoms with Gasteiger partial charge in [-0.2, -0.15) is 5.10 Å². The molecule has 1 aromatic heterocycles. The lowest BCUT2D eigenvalue weighted by Crippen LogP contribution is -2.20. The van der Waals surface area contributed by atoms with Crippen LogP contribution in [0.5, 0.6) is 11.5 Å². The third-order valence-electron chi connectivity index (χ3n) is 4.89. The molecule has 0 bridgehead atoms. The summed E-state index contributed by atoms with van der Waals surface area (Å²) in [7, 11) is 1.80. The third kappa shape index (κ3) is 5.85. The molecule has 7 heteroatoms. The van der Waals surface area contributed by atoms with Crippen LogP contribution in [0.4, 0.5) is 5.69 Å². The number of hydrogen-bond donors (Lipinski definition) is 1. The van der Waals surface area contributed by atoms with Crippen molar-refractivity contribution in [3.05, 3.63) is 77.1 Å². The standard InChI is InChI=1S/C25H27N3O4/c1-5-31-24-14-19(8-12-22(29)21-15-26-28(4)18(21)3)9-13-23(24)32-16-25(30)27-20-10-6-17(2)7-11-20/h6-15H,5,16H2,1-4H3,(H,27,30)/b12-8+. The lowest BCUT2D eigenvalue weighted by Gasteiger charge is -2.13. The maximum atomic E-state index is 12.4. The first-order valence-corrected chi connectivity index (χ1v) is 10.3. The fraction of sp³-hybridized carbons (Fsp3) is 0.240. The summed E-state index contributed by atoms with van der Waals surface area (Å²) in [6.07, 6.45) is 4.78. The van der Waals surface area contributed by atoms with Gasteiger partial charge >= 0.3 is 0 Å². The zero-order valence-electron chi connectivity index (χ0n) is 18.7. The normalized spacial score (nSPS) is 10.9. The number of aromatic nitrogens is 2. The Hall–Kier alpha value is -3.87. The van der Waals surface area contributed by atoms with Crippen LogP contribution in [0.2, 0.25) is 0 Å². The minimum absolute atomic E-state index is 0.123. The topological polar surface area (TPSA) is 82.4 Å². The molecule has 0 aliphatic carbocycles. The minimum atomic E-state index is -0.266. The first-order valence-electron chi connectivity index (χ1n) is 10.3. The third-order valence-corrected chi connectivity index (χ3v) is 4.89. The molecule has 0 saturated carbocycles. The van der Waals surface area contributed by atoms with E-state index in [0.717, 1.165) is 16.8 Å². The lowest BCUT2D eigenvalue weighted by atomic mass is 10.1. The van der Waals surface area contributed by atoms with E-state index in [4.69, 9.17) is 9.47 Å². The predicted octanol–water partition coefficient (Wildman–Crippen LogP) is 4.35. The zero-order chi connectivity index (χ0) is 23.1. The molecule has 0 radical (unpaired) electrons. The van der Waals surface area contributed by atoms with E-state index in [1.165, 1.54) is 6.08 Å². The zero-order valence-corrected chi connectivity index (χ0v) is 18.7. The molecule has 3 rings (SSSR count). The summed E-state index contributed by atoms with van der Waals surface area (Å²) < 4.78 is 13.0. The van der Waals surface area contributed by atoms with Crippen LogP contribution >= 0.6 is 0 Å². The molecule has 0 saturated heterocycles. The fourth-order valence-electron chi connectivity index (χ4n) is 3.00. The molecular weight excluding hydrogens is 406 g/mol. The van der Waals surface area contributed by atoms with Crippen molar-refractivity contribution in [2.75, 3.05) is 18.5 Å². The smallest absolute Gasteiger partial charge is 0.262 e. The number of anilines is 1. The van der Waals surface area contributed by atoms with Crippen LogP contribution in [0.1, 0.15) is 34.1 Å². The van der Waals surface area contributed by atoms with E-state index in [-0.39, 0.29) is 18.3 Å². The number of benzene rings is 2. The molecule has 7 nitrogen and oxygen atoms in total. The number of nitrogens with one attached hydrogen (secondary N) is 1. The highest BCUT2D eigenvalue weighted by molar-refractivity contribution is 6.07. The second-order valence-corrected chi connectivity index (χ2v) is 7.31. The number of ketones is 1. The first-order chi connectivity index (χ1) is 15.4. The highest BCUT2D eigenvalue weighted by atomic mass is 16.5. The van der Waals surface area contributed by atoms with Gasteiger partial charge in [-0.3, -0.25) is 14.3 Å². The van der Waals surface area contributed by atoms with Crippen LogP contribution in [0.3, 0.4) is 0 Å². The van der Waals surface area contributed by atoms with Gasteiger partial charge in [-0.15, -0.1) is 0 Å². The maximum Gasteiger partial charge on any atom is 0.262 e. The van der Waals surface area contributed by atoms with Crippen LogP contribution in [0.25, 0.3) is 6.08 Å². The van der Waals surface area contributed by atoms with Crippen molar-refractivity contribution in [2.45, 2.75) is 20.8 Å². The molecule has 166 valence electrons. The van der Waals surface area contributed by atoms with E-state index in [0.29, 0.717) is 29.4 Å². The lowest BCUT2D eigenvalue weighted by molar-refractivity contribution is -0.118. The van der Waals surface area contributed by atoms with Crippen molar-refractivity contribution in [1.82, 2.24) is 9.78 Å². The molecular formula is C25H27N3O4. The average molecular weight is 434 g/mol. The summed E-state index contributed by atoms with van der Waals surface area (Å²) in [5.41, 5.74) is 3.98. The van der Waals surface area contributed by atoms with E-state index in [2.05, 4.69) is 10.4 Å². The fourth-order valence-corrected chi connectivity index (χ4v) is 3.00. The van der Waals surface area contributed by atoms with E-state index >= 15 is 0 Å². The van der Waals surface area contributed by atoms with E-state index < -0.39 is 0 Å². The molecule has 3 aromatic rings. The number of ether oxygens (including phenoxy) is 2. The van der Waals surface area contributed by atoms with Gasteiger partial charge in [0, 0.05) is 18.4 Å². The van der Waals surface area contributed by atoms with Crippen LogP contribution in [-0.2, 0) is 11.8 Å². The molecule has 0 unspecified atom stereocenters. The van der Waals surface area contributed by atoms with Gasteiger partial charge in [0.15, 0.2) is 23.9 Å². The Labute approximate surface area is 187 Å². The van der Waals surface area contributed by atoms with E-state index in [9.17, 15) is 9.59 Å². The van der Waals surface area contributed by atoms with Crippen LogP contribution in [-0.4, -0.2) is 34.7 Å². The van der Waals surface area contributed by atoms with Crippen LogP contribution in [0.15, 0.2) is 54.7 Å². The quantitative estimate of drug-likeness (QED) is 0.401. The SMILES string of the molecule is CCOc1cc(/C=C/C(=O)c2cnn(C)c2C)ccc1OCC(=O)Nc1ccc(C)cc1. The van der Waals surface area contributed by atoms with Crippen molar-refractivity contribution in [1.29, 1.82) is 0 Å². The summed E-state index contributed by atoms with van der Waals surface area (Å²) in [6.45, 7) is 5.99. The molecule has 0 fully saturated rings. The number of allylic oxidation sites excluding steroid dienone is 1. The molecule has 0 spiro atoms. The van der Waals surface area contributed by atoms with Crippen molar-refractivity contribution < 1.29 is 19.1 Å². The van der Waals surface area contributed by atoms with Crippen LogP contribution in [0, 0.1) is 13.8 Å². The monoisotopic (exact) mass is 433 g/mol. The van der Waals surface area contributed by atoms with Crippen molar-refractivity contribution in [3.8, 4) is 11.5 Å². The summed E-state index contributed by atoms with van der Waals surface area (Å²) in [5.74, 6) is 0.569. The Balaban J connectivity index is 1.65. The Morgan fingerprint density at radius 2 is 1.81 bits per heavy atom. The highest BCUT2D eigenvalue weighted by Gasteiger charge is 2.11. The first kappa shape index (κ1) is 22.8. The number of carbonyl (C=O) groups is 2. The van der Waals surface area contributed by atoms with Gasteiger partial charge in [-0.1, -0.05) is 29.8 Å². The molecule has 0 aliphatic heterocycles. The van der Waals surface area contributed by atoms with Crippen molar-refractivity contribution in [2.24, 2.45) is 7.05 Å². The molecule has 1 N–H and O–H groups in total. The summed E-state index contributed by atoms with van der Waals surface area (Å²) >= 11 is 0. The Bertz CT molecular complexity index is 1130. The number of rotatable bonds is 9. The molecule has 1 heterocycles. The Morgan fingerprint density at radius 3 is 2.47 bits per heavy atom. The van der Waals surface area contributed by atoms with Gasteiger partial charge in [-0.05, 0) is 56.7 Å². The number of hydrogen-bond acceptors (Lipinski definition) is 5. The molecule has 2 aromatic carbocycles. The maximum absolute atomic E-state index is 12.4. The average Bonchev–Trinajstić information content (AvgIpc) is 3.11. The summed E-state index contributed by atoms with van der Waals surface area (Å²) in [4.78, 5) is 24.7. The van der Waals surface area contributed by atoms with E-state index in [1.54, 1.807) is 42.2 Å². The van der Waals surface area contributed by atoms with Crippen molar-refractivity contribution >= 4 is 23.5 Å².